The number of nitrogens with zero attached hydrogens (tertiary/aromatic N) is 2. The smallest absolute Gasteiger partial charge is 0.340 e. The number of aromatic nitrogens is 1. The summed E-state index contributed by atoms with van der Waals surface area (Å²) in [4.78, 5) is 14.9. The van der Waals surface area contributed by atoms with Crippen molar-refractivity contribution in [2.75, 3.05) is 7.11 Å². The van der Waals surface area contributed by atoms with Gasteiger partial charge >= 0.3 is 5.97 Å². The van der Waals surface area contributed by atoms with Gasteiger partial charge in [0.05, 0.1) is 22.7 Å². The zero-order valence-electron chi connectivity index (χ0n) is 6.74. The Labute approximate surface area is 83.3 Å². The molecule has 5 heteroatoms. The molecule has 0 aromatic carbocycles. The summed E-state index contributed by atoms with van der Waals surface area (Å²) in [6.45, 7) is 0. The SMILES string of the molecule is COC(=O)c1cncc(Br)c1C#N. The van der Waals surface area contributed by atoms with Crippen LogP contribution in [0, 0.1) is 11.3 Å². The molecule has 1 aromatic heterocycles. The molecule has 1 aromatic rings. The van der Waals surface area contributed by atoms with E-state index in [1.54, 1.807) is 0 Å². The van der Waals surface area contributed by atoms with Gasteiger partial charge in [-0.15, -0.1) is 0 Å². The number of esters is 1. The van der Waals surface area contributed by atoms with Gasteiger partial charge in [0.1, 0.15) is 6.07 Å². The topological polar surface area (TPSA) is 63.0 Å². The second-order valence-corrected chi connectivity index (χ2v) is 3.00. The van der Waals surface area contributed by atoms with Gasteiger partial charge in [-0.2, -0.15) is 5.26 Å². The van der Waals surface area contributed by atoms with Gasteiger partial charge in [-0.3, -0.25) is 4.98 Å². The molecule has 0 unspecified atom stereocenters. The summed E-state index contributed by atoms with van der Waals surface area (Å²) in [5.41, 5.74) is 0.404. The first-order valence-corrected chi connectivity index (χ1v) is 4.12. The van der Waals surface area contributed by atoms with Crippen molar-refractivity contribution in [2.45, 2.75) is 0 Å². The third-order valence-electron chi connectivity index (χ3n) is 1.42. The van der Waals surface area contributed by atoms with E-state index >= 15 is 0 Å². The summed E-state index contributed by atoms with van der Waals surface area (Å²) in [6.07, 6.45) is 2.75. The monoisotopic (exact) mass is 240 g/mol. The van der Waals surface area contributed by atoms with E-state index < -0.39 is 5.97 Å². The molecular weight excluding hydrogens is 236 g/mol. The first-order chi connectivity index (χ1) is 6.20. The molecule has 0 saturated carbocycles. The van der Waals surface area contributed by atoms with Gasteiger partial charge in [-0.1, -0.05) is 0 Å². The maximum atomic E-state index is 11.1. The summed E-state index contributed by atoms with van der Waals surface area (Å²) < 4.78 is 4.97. The molecule has 1 rings (SSSR count). The Bertz CT molecular complexity index is 384. The van der Waals surface area contributed by atoms with Crippen LogP contribution >= 0.6 is 15.9 Å². The summed E-state index contributed by atoms with van der Waals surface area (Å²) in [7, 11) is 1.25. The van der Waals surface area contributed by atoms with Crippen LogP contribution in [0.25, 0.3) is 0 Å². The summed E-state index contributed by atoms with van der Waals surface area (Å²) in [5, 5.41) is 8.73. The molecular formula is C8H5BrN2O2. The molecule has 66 valence electrons. The van der Waals surface area contributed by atoms with E-state index in [1.807, 2.05) is 6.07 Å². The first kappa shape index (κ1) is 9.68. The molecule has 0 aliphatic carbocycles. The molecule has 0 radical (unpaired) electrons. The maximum Gasteiger partial charge on any atom is 0.340 e. The molecule has 13 heavy (non-hydrogen) atoms. The number of carbonyl (C=O) groups excluding carboxylic acids is 1. The van der Waals surface area contributed by atoms with Crippen LogP contribution in [0.2, 0.25) is 0 Å². The number of pyridine rings is 1. The van der Waals surface area contributed by atoms with Crippen LogP contribution < -0.4 is 0 Å². The number of methoxy groups -OCH3 is 1. The van der Waals surface area contributed by atoms with E-state index in [0.29, 0.717) is 4.47 Å². The van der Waals surface area contributed by atoms with Gasteiger partial charge in [0.25, 0.3) is 0 Å². The van der Waals surface area contributed by atoms with E-state index in [9.17, 15) is 4.79 Å². The molecule has 0 amide bonds. The van der Waals surface area contributed by atoms with Gasteiger partial charge in [-0.05, 0) is 15.9 Å². The Hall–Kier alpha value is -1.41. The van der Waals surface area contributed by atoms with Crippen LogP contribution in [0.3, 0.4) is 0 Å². The number of hydrogen-bond donors (Lipinski definition) is 0. The lowest BCUT2D eigenvalue weighted by Gasteiger charge is -2.01. The summed E-state index contributed by atoms with van der Waals surface area (Å²) in [5.74, 6) is -0.564. The number of ether oxygens (including phenoxy) is 1. The van der Waals surface area contributed by atoms with E-state index in [4.69, 9.17) is 5.26 Å². The molecule has 0 N–H and O–H groups in total. The average Bonchev–Trinajstić information content (AvgIpc) is 2.16. The van der Waals surface area contributed by atoms with Crippen molar-refractivity contribution in [1.29, 1.82) is 5.26 Å². The Morgan fingerprint density at radius 3 is 2.92 bits per heavy atom. The number of rotatable bonds is 1. The molecule has 0 aliphatic rings. The zero-order valence-corrected chi connectivity index (χ0v) is 8.33. The Kier molecular flexibility index (Phi) is 2.98. The number of hydrogen-bond acceptors (Lipinski definition) is 4. The first-order valence-electron chi connectivity index (χ1n) is 3.32. The third kappa shape index (κ3) is 1.84. The molecule has 0 aliphatic heterocycles. The normalized spacial score (nSPS) is 9.00. The highest BCUT2D eigenvalue weighted by Crippen LogP contribution is 2.18. The van der Waals surface area contributed by atoms with Crippen molar-refractivity contribution in [3.8, 4) is 6.07 Å². The van der Waals surface area contributed by atoms with Crippen molar-refractivity contribution >= 4 is 21.9 Å². The lowest BCUT2D eigenvalue weighted by atomic mass is 10.1. The second kappa shape index (κ2) is 4.01. The highest BCUT2D eigenvalue weighted by Gasteiger charge is 2.14. The standard InChI is InChI=1S/C8H5BrN2O2/c1-13-8(12)6-3-11-4-7(9)5(6)2-10/h3-4H,1H3. The summed E-state index contributed by atoms with van der Waals surface area (Å²) >= 11 is 3.11. The van der Waals surface area contributed by atoms with E-state index in [1.165, 1.54) is 19.5 Å². The predicted octanol–water partition coefficient (Wildman–Crippen LogP) is 1.50. The van der Waals surface area contributed by atoms with Gasteiger partial charge in [-0.25, -0.2) is 4.79 Å². The lowest BCUT2D eigenvalue weighted by molar-refractivity contribution is 0.0600. The van der Waals surface area contributed by atoms with Crippen molar-refractivity contribution < 1.29 is 9.53 Å². The fraction of sp³-hybridized carbons (Fsp3) is 0.125. The summed E-state index contributed by atoms with van der Waals surface area (Å²) in [6, 6.07) is 1.89. The Morgan fingerprint density at radius 1 is 1.69 bits per heavy atom. The highest BCUT2D eigenvalue weighted by atomic mass is 79.9. The van der Waals surface area contributed by atoms with Gasteiger partial charge in [0, 0.05) is 12.4 Å². The largest absolute Gasteiger partial charge is 0.465 e. The quantitative estimate of drug-likeness (QED) is 0.699. The van der Waals surface area contributed by atoms with Gasteiger partial charge in [0.15, 0.2) is 0 Å². The maximum absolute atomic E-state index is 11.1. The fourth-order valence-corrected chi connectivity index (χ4v) is 1.23. The number of carbonyl (C=O) groups is 1. The minimum absolute atomic E-state index is 0.166. The van der Waals surface area contributed by atoms with Crippen LogP contribution in [0.5, 0.6) is 0 Å². The van der Waals surface area contributed by atoms with E-state index in [2.05, 4.69) is 25.7 Å². The Morgan fingerprint density at radius 2 is 2.38 bits per heavy atom. The minimum atomic E-state index is -0.564. The molecule has 0 atom stereocenters. The van der Waals surface area contributed by atoms with Gasteiger partial charge < -0.3 is 4.74 Å². The van der Waals surface area contributed by atoms with E-state index in [0.717, 1.165) is 0 Å². The molecule has 0 fully saturated rings. The average molecular weight is 241 g/mol. The van der Waals surface area contributed by atoms with Gasteiger partial charge in [0.2, 0.25) is 0 Å². The molecule has 4 nitrogen and oxygen atoms in total. The van der Waals surface area contributed by atoms with Crippen LogP contribution in [-0.2, 0) is 4.74 Å². The fourth-order valence-electron chi connectivity index (χ4n) is 0.813. The number of nitriles is 1. The van der Waals surface area contributed by atoms with Crippen LogP contribution in [0.4, 0.5) is 0 Å². The lowest BCUT2D eigenvalue weighted by Crippen LogP contribution is -2.05. The van der Waals surface area contributed by atoms with Crippen molar-refractivity contribution in [3.05, 3.63) is 28.0 Å². The molecule has 1 heterocycles. The van der Waals surface area contributed by atoms with E-state index in [-0.39, 0.29) is 11.1 Å². The zero-order chi connectivity index (χ0) is 9.84. The van der Waals surface area contributed by atoms with Crippen molar-refractivity contribution in [1.82, 2.24) is 4.98 Å². The third-order valence-corrected chi connectivity index (χ3v) is 2.02. The highest BCUT2D eigenvalue weighted by molar-refractivity contribution is 9.10. The molecule has 0 bridgehead atoms. The van der Waals surface area contributed by atoms with Crippen molar-refractivity contribution in [2.24, 2.45) is 0 Å². The predicted molar refractivity (Wildman–Crippen MR) is 48.0 cm³/mol. The van der Waals surface area contributed by atoms with Crippen LogP contribution in [-0.4, -0.2) is 18.1 Å². The molecule has 0 saturated heterocycles. The minimum Gasteiger partial charge on any atom is -0.465 e. The molecule has 0 spiro atoms. The van der Waals surface area contributed by atoms with Crippen LogP contribution in [0.15, 0.2) is 16.9 Å². The Balaban J connectivity index is 3.30. The van der Waals surface area contributed by atoms with Crippen LogP contribution in [0.1, 0.15) is 15.9 Å². The van der Waals surface area contributed by atoms with Crippen molar-refractivity contribution in [3.63, 3.8) is 0 Å². The number of halogens is 1. The second-order valence-electron chi connectivity index (χ2n) is 2.15.